The van der Waals surface area contributed by atoms with Crippen LogP contribution in [0.1, 0.15) is 18.4 Å². The lowest BCUT2D eigenvalue weighted by molar-refractivity contribution is -0.117. The number of methoxy groups -OCH3 is 2. The number of nitrogens with zero attached hydrogens (tertiary/aromatic N) is 1. The minimum atomic E-state index is -0.296. The molecule has 1 saturated heterocycles. The Balaban J connectivity index is 1.71. The van der Waals surface area contributed by atoms with E-state index in [1.807, 2.05) is 12.1 Å². The molecule has 0 atom stereocenters. The van der Waals surface area contributed by atoms with E-state index in [0.29, 0.717) is 40.7 Å². The van der Waals surface area contributed by atoms with Gasteiger partial charge >= 0.3 is 0 Å². The van der Waals surface area contributed by atoms with Crippen molar-refractivity contribution in [2.45, 2.75) is 12.8 Å². The van der Waals surface area contributed by atoms with E-state index in [0.717, 1.165) is 12.1 Å². The minimum absolute atomic E-state index is 0.105. The molecule has 0 spiro atoms. The summed E-state index contributed by atoms with van der Waals surface area (Å²) in [5.41, 5.74) is 2.11. The second kappa shape index (κ2) is 8.80. The van der Waals surface area contributed by atoms with Crippen LogP contribution in [0.3, 0.4) is 0 Å². The highest BCUT2D eigenvalue weighted by atomic mass is 35.5. The maximum atomic E-state index is 12.3. The summed E-state index contributed by atoms with van der Waals surface area (Å²) in [6.07, 6.45) is 4.46. The molecule has 0 unspecified atom stereocenters. The van der Waals surface area contributed by atoms with Crippen molar-refractivity contribution in [1.82, 2.24) is 0 Å². The molecule has 1 aliphatic heterocycles. The zero-order valence-electron chi connectivity index (χ0n) is 15.7. The summed E-state index contributed by atoms with van der Waals surface area (Å²) in [6, 6.07) is 10.7. The Hall–Kier alpha value is -2.99. The van der Waals surface area contributed by atoms with Gasteiger partial charge in [-0.05, 0) is 48.4 Å². The lowest BCUT2D eigenvalue weighted by Crippen LogP contribution is -2.23. The van der Waals surface area contributed by atoms with E-state index in [4.69, 9.17) is 21.1 Å². The van der Waals surface area contributed by atoms with Crippen LogP contribution in [0.25, 0.3) is 6.08 Å². The van der Waals surface area contributed by atoms with E-state index in [1.165, 1.54) is 20.3 Å². The van der Waals surface area contributed by atoms with Crippen LogP contribution in [0.15, 0.2) is 42.5 Å². The molecule has 0 aliphatic carbocycles. The van der Waals surface area contributed by atoms with Crippen molar-refractivity contribution in [2.75, 3.05) is 31.0 Å². The lowest BCUT2D eigenvalue weighted by atomic mass is 10.2. The molecule has 1 N–H and O–H groups in total. The lowest BCUT2D eigenvalue weighted by Gasteiger charge is -2.16. The van der Waals surface area contributed by atoms with E-state index >= 15 is 0 Å². The van der Waals surface area contributed by atoms with Crippen molar-refractivity contribution >= 4 is 40.9 Å². The molecule has 2 aromatic rings. The zero-order chi connectivity index (χ0) is 20.1. The number of hydrogen-bond acceptors (Lipinski definition) is 4. The number of anilines is 2. The number of hydrogen-bond donors (Lipinski definition) is 1. The van der Waals surface area contributed by atoms with Crippen LogP contribution in [0, 0.1) is 0 Å². The topological polar surface area (TPSA) is 67.9 Å². The van der Waals surface area contributed by atoms with Gasteiger partial charge in [0, 0.05) is 30.4 Å². The maximum absolute atomic E-state index is 12.3. The van der Waals surface area contributed by atoms with Gasteiger partial charge in [-0.2, -0.15) is 0 Å². The van der Waals surface area contributed by atoms with Gasteiger partial charge in [-0.1, -0.05) is 17.7 Å². The van der Waals surface area contributed by atoms with Crippen LogP contribution < -0.4 is 19.7 Å². The second-order valence-corrected chi connectivity index (χ2v) is 6.67. The Morgan fingerprint density at radius 1 is 1.21 bits per heavy atom. The van der Waals surface area contributed by atoms with Gasteiger partial charge in [-0.15, -0.1) is 0 Å². The van der Waals surface area contributed by atoms with E-state index in [1.54, 1.807) is 35.2 Å². The first-order chi connectivity index (χ1) is 13.5. The van der Waals surface area contributed by atoms with Crippen molar-refractivity contribution in [1.29, 1.82) is 0 Å². The van der Waals surface area contributed by atoms with E-state index in [9.17, 15) is 9.59 Å². The molecule has 7 heteroatoms. The van der Waals surface area contributed by atoms with Gasteiger partial charge in [0.05, 0.1) is 19.2 Å². The van der Waals surface area contributed by atoms with Crippen molar-refractivity contribution in [3.63, 3.8) is 0 Å². The highest BCUT2D eigenvalue weighted by molar-refractivity contribution is 6.32. The molecule has 0 bridgehead atoms. The highest BCUT2D eigenvalue weighted by Gasteiger charge is 2.21. The molecule has 6 nitrogen and oxygen atoms in total. The summed E-state index contributed by atoms with van der Waals surface area (Å²) in [5.74, 6) is 0.738. The normalized spacial score (nSPS) is 13.8. The summed E-state index contributed by atoms with van der Waals surface area (Å²) in [5, 5.41) is 3.20. The fourth-order valence-electron chi connectivity index (χ4n) is 3.06. The van der Waals surface area contributed by atoms with Crippen molar-refractivity contribution in [2.24, 2.45) is 0 Å². The number of amides is 2. The Morgan fingerprint density at radius 2 is 2.04 bits per heavy atom. The molecule has 0 radical (unpaired) electrons. The van der Waals surface area contributed by atoms with E-state index in [2.05, 4.69) is 5.32 Å². The van der Waals surface area contributed by atoms with Gasteiger partial charge in [0.15, 0.2) is 11.5 Å². The Bertz CT molecular complexity index is 927. The van der Waals surface area contributed by atoms with Gasteiger partial charge in [0.1, 0.15) is 0 Å². The first kappa shape index (κ1) is 19.8. The molecule has 1 heterocycles. The molecule has 2 amide bonds. The molecular weight excluding hydrogens is 380 g/mol. The number of carbonyl (C=O) groups excluding carboxylic acids is 2. The fourth-order valence-corrected chi connectivity index (χ4v) is 3.36. The van der Waals surface area contributed by atoms with Crippen LogP contribution in [-0.2, 0) is 9.59 Å². The van der Waals surface area contributed by atoms with E-state index < -0.39 is 0 Å². The van der Waals surface area contributed by atoms with Crippen LogP contribution >= 0.6 is 11.6 Å². The molecule has 3 rings (SSSR count). The van der Waals surface area contributed by atoms with Crippen molar-refractivity contribution in [3.05, 3.63) is 53.1 Å². The third kappa shape index (κ3) is 4.46. The van der Waals surface area contributed by atoms with Crippen LogP contribution in [-0.4, -0.2) is 32.6 Å². The van der Waals surface area contributed by atoms with Crippen molar-refractivity contribution < 1.29 is 19.1 Å². The SMILES string of the molecule is COc1cc(/C=C/C(=O)Nc2cccc(N3CCCC3=O)c2)cc(Cl)c1OC. The number of carbonyl (C=O) groups is 2. The Kier molecular flexibility index (Phi) is 6.21. The quantitative estimate of drug-likeness (QED) is 0.740. The number of benzene rings is 2. The average molecular weight is 401 g/mol. The van der Waals surface area contributed by atoms with Gasteiger partial charge < -0.3 is 19.7 Å². The van der Waals surface area contributed by atoms with Gasteiger partial charge in [-0.3, -0.25) is 9.59 Å². The van der Waals surface area contributed by atoms with Crippen molar-refractivity contribution in [3.8, 4) is 11.5 Å². The predicted molar refractivity (Wildman–Crippen MR) is 110 cm³/mol. The maximum Gasteiger partial charge on any atom is 0.248 e. The molecule has 1 aliphatic rings. The fraction of sp³-hybridized carbons (Fsp3) is 0.238. The number of nitrogens with one attached hydrogen (secondary N) is 1. The molecule has 1 fully saturated rings. The Morgan fingerprint density at radius 3 is 2.71 bits per heavy atom. The highest BCUT2D eigenvalue weighted by Crippen LogP contribution is 2.36. The molecule has 0 saturated carbocycles. The van der Waals surface area contributed by atoms with E-state index in [-0.39, 0.29) is 11.8 Å². The first-order valence-corrected chi connectivity index (χ1v) is 9.20. The van der Waals surface area contributed by atoms with Gasteiger partial charge in [-0.25, -0.2) is 0 Å². The largest absolute Gasteiger partial charge is 0.493 e. The van der Waals surface area contributed by atoms with Crippen LogP contribution in [0.4, 0.5) is 11.4 Å². The molecule has 0 aromatic heterocycles. The second-order valence-electron chi connectivity index (χ2n) is 6.26. The minimum Gasteiger partial charge on any atom is -0.493 e. The van der Waals surface area contributed by atoms with Gasteiger partial charge in [0.25, 0.3) is 0 Å². The molecule has 28 heavy (non-hydrogen) atoms. The predicted octanol–water partition coefficient (Wildman–Crippen LogP) is 4.14. The third-order valence-corrected chi connectivity index (χ3v) is 4.66. The Labute approximate surface area is 168 Å². The summed E-state index contributed by atoms with van der Waals surface area (Å²) in [4.78, 5) is 25.9. The van der Waals surface area contributed by atoms with Gasteiger partial charge in [0.2, 0.25) is 11.8 Å². The smallest absolute Gasteiger partial charge is 0.248 e. The monoisotopic (exact) mass is 400 g/mol. The molecule has 2 aromatic carbocycles. The summed E-state index contributed by atoms with van der Waals surface area (Å²) < 4.78 is 10.5. The zero-order valence-corrected chi connectivity index (χ0v) is 16.5. The number of halogens is 1. The summed E-state index contributed by atoms with van der Waals surface area (Å²) >= 11 is 6.18. The standard InChI is InChI=1S/C21H21ClN2O4/c1-27-18-12-14(11-17(22)21(18)28-2)8-9-19(25)23-15-5-3-6-16(13-15)24-10-4-7-20(24)26/h3,5-6,8-9,11-13H,4,7,10H2,1-2H3,(H,23,25)/b9-8+. The van der Waals surface area contributed by atoms with Crippen LogP contribution in [0.2, 0.25) is 5.02 Å². The third-order valence-electron chi connectivity index (χ3n) is 4.38. The average Bonchev–Trinajstić information content (AvgIpc) is 3.12. The van der Waals surface area contributed by atoms with Crippen LogP contribution in [0.5, 0.6) is 11.5 Å². The number of ether oxygens (including phenoxy) is 2. The first-order valence-electron chi connectivity index (χ1n) is 8.83. The molecular formula is C21H21ClN2O4. The summed E-state index contributed by atoms with van der Waals surface area (Å²) in [6.45, 7) is 0.705. The number of rotatable bonds is 6. The molecule has 146 valence electrons. The summed E-state index contributed by atoms with van der Waals surface area (Å²) in [7, 11) is 3.03.